The van der Waals surface area contributed by atoms with Crippen LogP contribution in [0, 0.1) is 12.7 Å². The number of nitrogens with one attached hydrogen (secondary N) is 1. The molecule has 1 atom stereocenters. The monoisotopic (exact) mass is 312 g/mol. The van der Waals surface area contributed by atoms with Crippen LogP contribution in [0.3, 0.4) is 0 Å². The van der Waals surface area contributed by atoms with E-state index in [-0.39, 0.29) is 11.9 Å². The zero-order valence-corrected chi connectivity index (χ0v) is 12.5. The Hall–Kier alpha value is -1.13. The van der Waals surface area contributed by atoms with Gasteiger partial charge in [0.15, 0.2) is 0 Å². The predicted molar refractivity (Wildman–Crippen MR) is 81.4 cm³/mol. The maximum absolute atomic E-state index is 13.7. The molecule has 3 N–H and O–H groups in total. The van der Waals surface area contributed by atoms with Gasteiger partial charge in [-0.1, -0.05) is 41.4 Å². The van der Waals surface area contributed by atoms with Gasteiger partial charge in [0, 0.05) is 10.0 Å². The molecule has 0 bridgehead atoms. The number of hydrogen-bond donors (Lipinski definition) is 2. The molecule has 0 aliphatic carbocycles. The van der Waals surface area contributed by atoms with E-state index in [2.05, 4.69) is 5.43 Å². The van der Waals surface area contributed by atoms with Gasteiger partial charge in [-0.2, -0.15) is 0 Å². The summed E-state index contributed by atoms with van der Waals surface area (Å²) in [5.41, 5.74) is 4.83. The van der Waals surface area contributed by atoms with Crippen LogP contribution in [0.25, 0.3) is 0 Å². The summed E-state index contributed by atoms with van der Waals surface area (Å²) >= 11 is 12.3. The summed E-state index contributed by atoms with van der Waals surface area (Å²) in [5, 5.41) is 1.15. The van der Waals surface area contributed by atoms with Crippen molar-refractivity contribution in [3.8, 4) is 0 Å². The molecule has 20 heavy (non-hydrogen) atoms. The van der Waals surface area contributed by atoms with E-state index in [1.165, 1.54) is 6.07 Å². The molecule has 0 spiro atoms. The van der Waals surface area contributed by atoms with Crippen molar-refractivity contribution in [1.29, 1.82) is 0 Å². The zero-order valence-electron chi connectivity index (χ0n) is 11.0. The lowest BCUT2D eigenvalue weighted by atomic mass is 9.98. The van der Waals surface area contributed by atoms with Crippen LogP contribution in [-0.2, 0) is 6.42 Å². The molecular formula is C15H15Cl2FN2. The predicted octanol–water partition coefficient (Wildman–Crippen LogP) is 4.19. The molecule has 0 heterocycles. The van der Waals surface area contributed by atoms with E-state index < -0.39 is 0 Å². The molecule has 0 aliphatic heterocycles. The lowest BCUT2D eigenvalue weighted by molar-refractivity contribution is 0.543. The first kappa shape index (κ1) is 15.3. The Morgan fingerprint density at radius 1 is 1.20 bits per heavy atom. The summed E-state index contributed by atoms with van der Waals surface area (Å²) < 4.78 is 13.7. The van der Waals surface area contributed by atoms with Crippen molar-refractivity contribution in [3.05, 3.63) is 69.0 Å². The van der Waals surface area contributed by atoms with Crippen LogP contribution in [0.5, 0.6) is 0 Å². The van der Waals surface area contributed by atoms with Crippen LogP contribution in [0.1, 0.15) is 22.7 Å². The van der Waals surface area contributed by atoms with Gasteiger partial charge in [0.1, 0.15) is 5.82 Å². The van der Waals surface area contributed by atoms with Crippen LogP contribution in [0.2, 0.25) is 10.0 Å². The molecule has 5 heteroatoms. The average Bonchev–Trinajstić information content (AvgIpc) is 2.42. The van der Waals surface area contributed by atoms with Crippen molar-refractivity contribution in [2.75, 3.05) is 0 Å². The first-order valence-electron chi connectivity index (χ1n) is 6.18. The van der Waals surface area contributed by atoms with Crippen LogP contribution < -0.4 is 11.3 Å². The Morgan fingerprint density at radius 2 is 1.85 bits per heavy atom. The Morgan fingerprint density at radius 3 is 2.40 bits per heavy atom. The molecule has 0 aliphatic rings. The molecule has 106 valence electrons. The summed E-state index contributed by atoms with van der Waals surface area (Å²) in [4.78, 5) is 0. The van der Waals surface area contributed by atoms with Crippen LogP contribution >= 0.6 is 23.2 Å². The summed E-state index contributed by atoms with van der Waals surface area (Å²) in [5.74, 6) is 5.33. The third-order valence-corrected chi connectivity index (χ3v) is 3.98. The normalized spacial score (nSPS) is 12.4. The molecule has 0 aromatic heterocycles. The van der Waals surface area contributed by atoms with E-state index in [0.717, 1.165) is 11.1 Å². The van der Waals surface area contributed by atoms with E-state index >= 15 is 0 Å². The summed E-state index contributed by atoms with van der Waals surface area (Å²) in [6.45, 7) is 1.72. The summed E-state index contributed by atoms with van der Waals surface area (Å²) in [6.07, 6.45) is 0.484. The van der Waals surface area contributed by atoms with Gasteiger partial charge >= 0.3 is 0 Å². The third kappa shape index (κ3) is 3.30. The van der Waals surface area contributed by atoms with Crippen LogP contribution in [-0.4, -0.2) is 0 Å². The second-order valence-electron chi connectivity index (χ2n) is 4.63. The van der Waals surface area contributed by atoms with Gasteiger partial charge in [-0.25, -0.2) is 4.39 Å². The lowest BCUT2D eigenvalue weighted by Crippen LogP contribution is -2.29. The molecule has 0 saturated heterocycles. The fraction of sp³-hybridized carbons (Fsp3) is 0.200. The number of rotatable bonds is 4. The molecular weight excluding hydrogens is 298 g/mol. The molecule has 0 fully saturated rings. The minimum atomic E-state index is -0.262. The van der Waals surface area contributed by atoms with E-state index in [0.29, 0.717) is 22.0 Å². The van der Waals surface area contributed by atoms with Crippen molar-refractivity contribution in [2.24, 2.45) is 5.84 Å². The Labute approximate surface area is 127 Å². The smallest absolute Gasteiger partial charge is 0.126 e. The van der Waals surface area contributed by atoms with Crippen LogP contribution in [0.4, 0.5) is 4.39 Å². The van der Waals surface area contributed by atoms with Gasteiger partial charge < -0.3 is 0 Å². The standard InChI is InChI=1S/C15H15Cl2FN2/c1-9-5-6-10(7-14(9)18)15(20-19)8-11-12(16)3-2-4-13(11)17/h2-7,15,20H,8,19H2,1H3. The van der Waals surface area contributed by atoms with Gasteiger partial charge in [0.25, 0.3) is 0 Å². The van der Waals surface area contributed by atoms with Crippen molar-refractivity contribution < 1.29 is 4.39 Å². The number of hydrogen-bond acceptors (Lipinski definition) is 2. The average molecular weight is 313 g/mol. The second kappa shape index (κ2) is 6.55. The Balaban J connectivity index is 2.31. The fourth-order valence-corrected chi connectivity index (χ4v) is 2.58. The molecule has 2 aromatic rings. The molecule has 0 saturated carbocycles. The van der Waals surface area contributed by atoms with Gasteiger partial charge in [0.05, 0.1) is 6.04 Å². The van der Waals surface area contributed by atoms with Crippen molar-refractivity contribution in [1.82, 2.24) is 5.43 Å². The van der Waals surface area contributed by atoms with Gasteiger partial charge in [-0.15, -0.1) is 0 Å². The van der Waals surface area contributed by atoms with E-state index in [1.54, 1.807) is 31.2 Å². The SMILES string of the molecule is Cc1ccc(C(Cc2c(Cl)cccc2Cl)NN)cc1F. The van der Waals surface area contributed by atoms with Gasteiger partial charge in [0.2, 0.25) is 0 Å². The number of benzene rings is 2. The molecule has 2 aromatic carbocycles. The maximum atomic E-state index is 13.7. The summed E-state index contributed by atoms with van der Waals surface area (Å²) in [6, 6.07) is 10.1. The topological polar surface area (TPSA) is 38.0 Å². The highest BCUT2D eigenvalue weighted by molar-refractivity contribution is 6.36. The van der Waals surface area contributed by atoms with E-state index in [1.807, 2.05) is 6.07 Å². The number of aryl methyl sites for hydroxylation is 1. The first-order chi connectivity index (χ1) is 9.52. The van der Waals surface area contributed by atoms with Gasteiger partial charge in [-0.05, 0) is 48.2 Å². The second-order valence-corrected chi connectivity index (χ2v) is 5.45. The van der Waals surface area contributed by atoms with E-state index in [4.69, 9.17) is 29.0 Å². The number of halogens is 3. The highest BCUT2D eigenvalue weighted by atomic mass is 35.5. The first-order valence-corrected chi connectivity index (χ1v) is 6.93. The molecule has 1 unspecified atom stereocenters. The Kier molecular flexibility index (Phi) is 5.00. The van der Waals surface area contributed by atoms with Crippen molar-refractivity contribution in [2.45, 2.75) is 19.4 Å². The lowest BCUT2D eigenvalue weighted by Gasteiger charge is -2.18. The fourth-order valence-electron chi connectivity index (χ4n) is 2.03. The highest BCUT2D eigenvalue weighted by Crippen LogP contribution is 2.29. The quantitative estimate of drug-likeness (QED) is 0.656. The van der Waals surface area contributed by atoms with Gasteiger partial charge in [-0.3, -0.25) is 11.3 Å². The largest absolute Gasteiger partial charge is 0.271 e. The summed E-state index contributed by atoms with van der Waals surface area (Å²) in [7, 11) is 0. The molecule has 0 amide bonds. The highest BCUT2D eigenvalue weighted by Gasteiger charge is 2.16. The molecule has 2 rings (SSSR count). The Bertz CT molecular complexity index is 597. The number of hydrazine groups is 1. The van der Waals surface area contributed by atoms with Crippen LogP contribution in [0.15, 0.2) is 36.4 Å². The minimum absolute atomic E-state index is 0.256. The van der Waals surface area contributed by atoms with Crippen molar-refractivity contribution in [3.63, 3.8) is 0 Å². The van der Waals surface area contributed by atoms with E-state index in [9.17, 15) is 4.39 Å². The number of nitrogens with two attached hydrogens (primary N) is 1. The maximum Gasteiger partial charge on any atom is 0.126 e. The van der Waals surface area contributed by atoms with Crippen molar-refractivity contribution >= 4 is 23.2 Å². The molecule has 2 nitrogen and oxygen atoms in total. The zero-order chi connectivity index (χ0) is 14.7. The molecule has 0 radical (unpaired) electrons. The third-order valence-electron chi connectivity index (χ3n) is 3.27. The minimum Gasteiger partial charge on any atom is -0.271 e.